The average molecular weight is 319 g/mol. The summed E-state index contributed by atoms with van der Waals surface area (Å²) in [4.78, 5) is 12.2. The Morgan fingerprint density at radius 3 is 2.30 bits per heavy atom. The molecular weight excluding hydrogens is 300 g/mol. The highest BCUT2D eigenvalue weighted by Gasteiger charge is 2.31. The molecule has 0 heterocycles. The maximum Gasteiger partial charge on any atom is 0.251 e. The van der Waals surface area contributed by atoms with Crippen LogP contribution in [0.5, 0.6) is 0 Å². The van der Waals surface area contributed by atoms with E-state index in [1.807, 2.05) is 0 Å². The summed E-state index contributed by atoms with van der Waals surface area (Å²) in [7, 11) is -3.23. The quantitative estimate of drug-likeness (QED) is 0.847. The Morgan fingerprint density at radius 2 is 1.90 bits per heavy atom. The highest BCUT2D eigenvalue weighted by atomic mass is 35.5. The molecule has 1 aliphatic rings. The fraction of sp³-hybridized carbons (Fsp3) is 0.462. The van der Waals surface area contributed by atoms with Crippen LogP contribution in [0.15, 0.2) is 29.2 Å². The molecule has 0 bridgehead atoms. The smallest absolute Gasteiger partial charge is 0.251 e. The fourth-order valence-corrected chi connectivity index (χ4v) is 2.60. The summed E-state index contributed by atoms with van der Waals surface area (Å²) in [6.07, 6.45) is 3.35. The molecule has 1 aromatic rings. The number of carbonyl (C=O) groups excluding carboxylic acids is 1. The maximum atomic E-state index is 12.0. The van der Waals surface area contributed by atoms with Crippen molar-refractivity contribution in [1.29, 1.82) is 0 Å². The van der Waals surface area contributed by atoms with Crippen LogP contribution in [0.2, 0.25) is 0 Å². The van der Waals surface area contributed by atoms with Gasteiger partial charge in [0.1, 0.15) is 0 Å². The van der Waals surface area contributed by atoms with Gasteiger partial charge in [-0.3, -0.25) is 4.79 Å². The van der Waals surface area contributed by atoms with Crippen LogP contribution in [-0.4, -0.2) is 33.2 Å². The molecule has 1 aromatic carbocycles. The number of hydrogen-bond acceptors (Lipinski definition) is 4. The lowest BCUT2D eigenvalue weighted by Gasteiger charge is -2.16. The van der Waals surface area contributed by atoms with Crippen LogP contribution in [-0.2, 0) is 9.84 Å². The first-order valence-corrected chi connectivity index (χ1v) is 8.12. The molecule has 1 amide bonds. The highest BCUT2D eigenvalue weighted by molar-refractivity contribution is 7.90. The van der Waals surface area contributed by atoms with E-state index >= 15 is 0 Å². The Bertz CT molecular complexity index is 568. The number of amides is 1. The molecule has 0 saturated heterocycles. The van der Waals surface area contributed by atoms with Crippen LogP contribution in [0.3, 0.4) is 0 Å². The number of rotatable bonds is 5. The minimum absolute atomic E-state index is 0. The number of nitrogens with two attached hydrogens (primary N) is 1. The zero-order valence-corrected chi connectivity index (χ0v) is 12.8. The second kappa shape index (κ2) is 6.56. The predicted molar refractivity (Wildman–Crippen MR) is 79.8 cm³/mol. The zero-order valence-electron chi connectivity index (χ0n) is 11.2. The number of carbonyl (C=O) groups is 1. The minimum Gasteiger partial charge on any atom is -0.348 e. The lowest BCUT2D eigenvalue weighted by atomic mass is 10.1. The van der Waals surface area contributed by atoms with Crippen LogP contribution in [0.1, 0.15) is 23.2 Å². The summed E-state index contributed by atoms with van der Waals surface area (Å²) < 4.78 is 22.6. The summed E-state index contributed by atoms with van der Waals surface area (Å²) in [6, 6.07) is 5.94. The van der Waals surface area contributed by atoms with Gasteiger partial charge in [0, 0.05) is 24.4 Å². The molecular formula is C13H19ClN2O3S. The molecule has 0 aromatic heterocycles. The highest BCUT2D eigenvalue weighted by Crippen LogP contribution is 2.32. The van der Waals surface area contributed by atoms with Gasteiger partial charge >= 0.3 is 0 Å². The van der Waals surface area contributed by atoms with E-state index < -0.39 is 9.84 Å². The summed E-state index contributed by atoms with van der Waals surface area (Å²) in [6.45, 7) is 0.428. The van der Waals surface area contributed by atoms with Crippen molar-refractivity contribution in [3.8, 4) is 0 Å². The van der Waals surface area contributed by atoms with Gasteiger partial charge in [0.2, 0.25) is 0 Å². The topological polar surface area (TPSA) is 89.3 Å². The van der Waals surface area contributed by atoms with Crippen LogP contribution < -0.4 is 11.1 Å². The molecule has 5 nitrogen and oxygen atoms in total. The number of nitrogens with one attached hydrogen (secondary N) is 1. The van der Waals surface area contributed by atoms with Gasteiger partial charge in [-0.25, -0.2) is 8.42 Å². The van der Waals surface area contributed by atoms with Crippen LogP contribution in [0, 0.1) is 5.92 Å². The Morgan fingerprint density at radius 1 is 1.35 bits per heavy atom. The van der Waals surface area contributed by atoms with Crippen molar-refractivity contribution in [3.63, 3.8) is 0 Å². The Kier molecular flexibility index (Phi) is 5.56. The predicted octanol–water partition coefficient (Wildman–Crippen LogP) is 0.979. The third-order valence-corrected chi connectivity index (χ3v) is 4.43. The van der Waals surface area contributed by atoms with E-state index in [-0.39, 0.29) is 29.3 Å². The van der Waals surface area contributed by atoms with Crippen LogP contribution in [0.25, 0.3) is 0 Å². The molecule has 1 fully saturated rings. The molecule has 1 unspecified atom stereocenters. The van der Waals surface area contributed by atoms with Gasteiger partial charge in [-0.05, 0) is 43.0 Å². The van der Waals surface area contributed by atoms with Gasteiger partial charge in [-0.2, -0.15) is 0 Å². The van der Waals surface area contributed by atoms with Gasteiger partial charge in [0.05, 0.1) is 4.90 Å². The maximum absolute atomic E-state index is 12.0. The molecule has 2 rings (SSSR count). The lowest BCUT2D eigenvalue weighted by Crippen LogP contribution is -2.41. The normalized spacial score (nSPS) is 16.1. The van der Waals surface area contributed by atoms with E-state index in [4.69, 9.17) is 5.73 Å². The van der Waals surface area contributed by atoms with Gasteiger partial charge in [0.25, 0.3) is 5.91 Å². The molecule has 1 atom stereocenters. The Hall–Kier alpha value is -1.11. The van der Waals surface area contributed by atoms with Crippen LogP contribution >= 0.6 is 12.4 Å². The first-order valence-electron chi connectivity index (χ1n) is 6.23. The van der Waals surface area contributed by atoms with Crippen molar-refractivity contribution in [2.75, 3.05) is 12.8 Å². The molecule has 0 spiro atoms. The molecule has 112 valence electrons. The number of halogens is 1. The van der Waals surface area contributed by atoms with E-state index in [2.05, 4.69) is 5.32 Å². The van der Waals surface area contributed by atoms with Crippen molar-refractivity contribution >= 4 is 28.2 Å². The van der Waals surface area contributed by atoms with Gasteiger partial charge in [-0.15, -0.1) is 12.4 Å². The van der Waals surface area contributed by atoms with E-state index in [0.29, 0.717) is 18.0 Å². The molecule has 0 radical (unpaired) electrons. The average Bonchev–Trinajstić information content (AvgIpc) is 3.19. The van der Waals surface area contributed by atoms with Crippen LogP contribution in [0.4, 0.5) is 0 Å². The van der Waals surface area contributed by atoms with Gasteiger partial charge in [0.15, 0.2) is 9.84 Å². The van der Waals surface area contributed by atoms with Crippen molar-refractivity contribution < 1.29 is 13.2 Å². The standard InChI is InChI=1S/C13H18N2O3S.ClH/c1-19(17,18)11-6-4-10(5-7-11)13(16)15-12(8-14)9-2-3-9;/h4-7,9,12H,2-3,8,14H2,1H3,(H,15,16);1H. The summed E-state index contributed by atoms with van der Waals surface area (Å²) in [5, 5.41) is 2.89. The summed E-state index contributed by atoms with van der Waals surface area (Å²) in [5.41, 5.74) is 6.08. The minimum atomic E-state index is -3.23. The van der Waals surface area contributed by atoms with Crippen molar-refractivity contribution in [3.05, 3.63) is 29.8 Å². The molecule has 3 N–H and O–H groups in total. The SMILES string of the molecule is CS(=O)(=O)c1ccc(C(=O)NC(CN)C2CC2)cc1.Cl. The first kappa shape index (κ1) is 16.9. The molecule has 1 saturated carbocycles. The molecule has 0 aliphatic heterocycles. The number of sulfone groups is 1. The summed E-state index contributed by atoms with van der Waals surface area (Å²) >= 11 is 0. The third-order valence-electron chi connectivity index (χ3n) is 3.31. The van der Waals surface area contributed by atoms with E-state index in [1.54, 1.807) is 0 Å². The van der Waals surface area contributed by atoms with Gasteiger partial charge in [-0.1, -0.05) is 0 Å². The largest absolute Gasteiger partial charge is 0.348 e. The van der Waals surface area contributed by atoms with Crippen molar-refractivity contribution in [1.82, 2.24) is 5.32 Å². The van der Waals surface area contributed by atoms with Crippen molar-refractivity contribution in [2.45, 2.75) is 23.8 Å². The van der Waals surface area contributed by atoms with E-state index in [0.717, 1.165) is 19.1 Å². The molecule has 1 aliphatic carbocycles. The second-order valence-electron chi connectivity index (χ2n) is 4.95. The second-order valence-corrected chi connectivity index (χ2v) is 6.97. The zero-order chi connectivity index (χ0) is 14.0. The fourth-order valence-electron chi connectivity index (χ4n) is 1.97. The van der Waals surface area contributed by atoms with Crippen molar-refractivity contribution in [2.24, 2.45) is 11.7 Å². The lowest BCUT2D eigenvalue weighted by molar-refractivity contribution is 0.0933. The van der Waals surface area contributed by atoms with Gasteiger partial charge < -0.3 is 11.1 Å². The monoisotopic (exact) mass is 318 g/mol. The number of hydrogen-bond donors (Lipinski definition) is 2. The molecule has 20 heavy (non-hydrogen) atoms. The number of benzene rings is 1. The first-order chi connectivity index (χ1) is 8.91. The Balaban J connectivity index is 0.00000200. The van der Waals surface area contributed by atoms with E-state index in [9.17, 15) is 13.2 Å². The van der Waals surface area contributed by atoms with E-state index in [1.165, 1.54) is 24.3 Å². The Labute approximate surface area is 125 Å². The molecule has 7 heteroatoms. The summed E-state index contributed by atoms with van der Waals surface area (Å²) in [5.74, 6) is 0.284. The third kappa shape index (κ3) is 4.19.